The number of quaternary nitrogens is 1. The van der Waals surface area contributed by atoms with Gasteiger partial charge in [-0.1, -0.05) is 12.1 Å². The minimum atomic E-state index is -0.428. The van der Waals surface area contributed by atoms with E-state index in [1.54, 1.807) is 23.7 Å². The molecule has 0 spiro atoms. The molecule has 9 heteroatoms. The van der Waals surface area contributed by atoms with Gasteiger partial charge >= 0.3 is 5.69 Å². The number of aryl methyl sites for hydroxylation is 1. The fourth-order valence-corrected chi connectivity index (χ4v) is 2.93. The van der Waals surface area contributed by atoms with Crippen LogP contribution in [0, 0.1) is 5.82 Å². The van der Waals surface area contributed by atoms with Crippen molar-refractivity contribution >= 4 is 17.1 Å². The summed E-state index contributed by atoms with van der Waals surface area (Å²) in [6.45, 7) is 1.85. The maximum atomic E-state index is 13.2. The molecule has 8 nitrogen and oxygen atoms in total. The first kappa shape index (κ1) is 18.8. The second-order valence-corrected chi connectivity index (χ2v) is 6.91. The van der Waals surface area contributed by atoms with Gasteiger partial charge in [-0.05, 0) is 17.7 Å². The van der Waals surface area contributed by atoms with E-state index in [9.17, 15) is 14.0 Å². The van der Waals surface area contributed by atoms with E-state index in [1.807, 2.05) is 14.1 Å². The Morgan fingerprint density at radius 3 is 2.41 bits per heavy atom. The molecule has 3 aromatic rings. The van der Waals surface area contributed by atoms with E-state index in [4.69, 9.17) is 0 Å². The van der Waals surface area contributed by atoms with Crippen LogP contribution in [0.3, 0.4) is 0 Å². The first-order valence-electron chi connectivity index (χ1n) is 8.73. The Balaban J connectivity index is 2.15. The monoisotopic (exact) mass is 375 g/mol. The Labute approximate surface area is 155 Å². The van der Waals surface area contributed by atoms with Crippen molar-refractivity contribution in [2.24, 2.45) is 14.1 Å². The van der Waals surface area contributed by atoms with Crippen molar-refractivity contribution in [2.45, 2.75) is 6.54 Å². The normalized spacial score (nSPS) is 11.5. The molecule has 2 N–H and O–H groups in total. The van der Waals surface area contributed by atoms with Crippen molar-refractivity contribution in [3.05, 3.63) is 56.5 Å². The molecule has 2 heterocycles. The van der Waals surface area contributed by atoms with Gasteiger partial charge < -0.3 is 10.2 Å². The number of hydrogen-bond acceptors (Lipinski definition) is 4. The number of benzene rings is 1. The van der Waals surface area contributed by atoms with E-state index in [1.165, 1.54) is 28.6 Å². The van der Waals surface area contributed by atoms with Gasteiger partial charge in [-0.2, -0.15) is 4.98 Å². The van der Waals surface area contributed by atoms with Gasteiger partial charge in [0.15, 0.2) is 11.2 Å². The molecule has 1 aromatic carbocycles. The van der Waals surface area contributed by atoms with E-state index in [0.29, 0.717) is 30.2 Å². The second-order valence-electron chi connectivity index (χ2n) is 6.91. The summed E-state index contributed by atoms with van der Waals surface area (Å²) in [5.41, 5.74) is 0.652. The molecule has 2 aromatic heterocycles. The number of likely N-dealkylation sites (N-methyl/N-ethyl adjacent to an activating group) is 1. The molecule has 0 aliphatic rings. The smallest absolute Gasteiger partial charge is 0.332 e. The lowest BCUT2D eigenvalue weighted by atomic mass is 10.2. The summed E-state index contributed by atoms with van der Waals surface area (Å²) in [7, 11) is 7.13. The predicted molar refractivity (Wildman–Crippen MR) is 102 cm³/mol. The summed E-state index contributed by atoms with van der Waals surface area (Å²) in [6.07, 6.45) is 0. The van der Waals surface area contributed by atoms with Gasteiger partial charge in [-0.25, -0.2) is 9.18 Å². The molecule has 0 atom stereocenters. The van der Waals surface area contributed by atoms with E-state index < -0.39 is 11.2 Å². The molecule has 0 aliphatic heterocycles. The highest BCUT2D eigenvalue weighted by molar-refractivity contribution is 5.74. The van der Waals surface area contributed by atoms with Crippen molar-refractivity contribution in [2.75, 3.05) is 32.5 Å². The van der Waals surface area contributed by atoms with Gasteiger partial charge in [0.25, 0.3) is 5.56 Å². The fourth-order valence-electron chi connectivity index (χ4n) is 2.93. The van der Waals surface area contributed by atoms with Crippen LogP contribution in [0.15, 0.2) is 33.9 Å². The zero-order valence-electron chi connectivity index (χ0n) is 15.9. The van der Waals surface area contributed by atoms with Crippen LogP contribution in [0.5, 0.6) is 0 Å². The van der Waals surface area contributed by atoms with Crippen LogP contribution in [0.4, 0.5) is 10.3 Å². The lowest BCUT2D eigenvalue weighted by Gasteiger charge is -2.12. The molecule has 144 valence electrons. The Hall–Kier alpha value is -2.94. The Bertz CT molecular complexity index is 1080. The van der Waals surface area contributed by atoms with Gasteiger partial charge in [-0.3, -0.25) is 18.5 Å². The van der Waals surface area contributed by atoms with Crippen LogP contribution >= 0.6 is 0 Å². The van der Waals surface area contributed by atoms with Gasteiger partial charge in [0.05, 0.1) is 33.7 Å². The SMILES string of the molecule is Cn1c(=O)c2c(nc(NCC[NH+](C)C)n2Cc2ccc(F)cc2)n(C)c1=O. The fraction of sp³-hybridized carbons (Fsp3) is 0.389. The minimum absolute atomic E-state index is 0.320. The maximum absolute atomic E-state index is 13.2. The third kappa shape index (κ3) is 3.63. The summed E-state index contributed by atoms with van der Waals surface area (Å²) < 4.78 is 17.4. The third-order valence-corrected chi connectivity index (χ3v) is 4.51. The summed E-state index contributed by atoms with van der Waals surface area (Å²) in [5, 5.41) is 3.25. The molecular formula is C18H24FN6O2+. The molecule has 0 saturated carbocycles. The van der Waals surface area contributed by atoms with Crippen molar-refractivity contribution in [3.8, 4) is 0 Å². The van der Waals surface area contributed by atoms with Crippen LogP contribution in [0.1, 0.15) is 5.56 Å². The average Bonchev–Trinajstić information content (AvgIpc) is 2.98. The van der Waals surface area contributed by atoms with Crippen LogP contribution in [0.25, 0.3) is 11.2 Å². The largest absolute Gasteiger partial charge is 0.350 e. The molecule has 0 fully saturated rings. The highest BCUT2D eigenvalue weighted by Crippen LogP contribution is 2.18. The van der Waals surface area contributed by atoms with E-state index in [0.717, 1.165) is 16.7 Å². The molecule has 0 bridgehead atoms. The van der Waals surface area contributed by atoms with Crippen molar-refractivity contribution in [1.29, 1.82) is 0 Å². The first-order chi connectivity index (χ1) is 12.8. The van der Waals surface area contributed by atoms with Crippen LogP contribution in [-0.4, -0.2) is 45.9 Å². The Kier molecular flexibility index (Phi) is 5.13. The summed E-state index contributed by atoms with van der Waals surface area (Å²) >= 11 is 0. The van der Waals surface area contributed by atoms with E-state index in [2.05, 4.69) is 10.3 Å². The molecule has 0 radical (unpaired) electrons. The predicted octanol–water partition coefficient (Wildman–Crippen LogP) is -0.822. The lowest BCUT2D eigenvalue weighted by molar-refractivity contribution is -0.856. The van der Waals surface area contributed by atoms with E-state index in [-0.39, 0.29) is 5.82 Å². The zero-order chi connectivity index (χ0) is 19.7. The quantitative estimate of drug-likeness (QED) is 0.590. The third-order valence-electron chi connectivity index (χ3n) is 4.51. The number of anilines is 1. The first-order valence-corrected chi connectivity index (χ1v) is 8.73. The van der Waals surface area contributed by atoms with Crippen LogP contribution in [-0.2, 0) is 20.6 Å². The van der Waals surface area contributed by atoms with Crippen LogP contribution in [0.2, 0.25) is 0 Å². The van der Waals surface area contributed by atoms with Gasteiger partial charge in [0.2, 0.25) is 5.95 Å². The Morgan fingerprint density at radius 2 is 1.78 bits per heavy atom. The molecule has 27 heavy (non-hydrogen) atoms. The topological polar surface area (TPSA) is 78.3 Å². The molecular weight excluding hydrogens is 351 g/mol. The van der Waals surface area contributed by atoms with Crippen molar-refractivity contribution < 1.29 is 9.29 Å². The van der Waals surface area contributed by atoms with Crippen molar-refractivity contribution in [1.82, 2.24) is 18.7 Å². The molecule has 0 amide bonds. The second kappa shape index (κ2) is 7.36. The van der Waals surface area contributed by atoms with Gasteiger partial charge in [0.1, 0.15) is 5.82 Å². The number of rotatable bonds is 6. The number of aromatic nitrogens is 4. The summed E-state index contributed by atoms with van der Waals surface area (Å²) in [6, 6.07) is 6.10. The molecule has 0 aliphatic carbocycles. The van der Waals surface area contributed by atoms with Crippen LogP contribution < -0.4 is 21.5 Å². The minimum Gasteiger partial charge on any atom is -0.350 e. The summed E-state index contributed by atoms with van der Waals surface area (Å²) in [4.78, 5) is 30.8. The van der Waals surface area contributed by atoms with E-state index >= 15 is 0 Å². The van der Waals surface area contributed by atoms with Gasteiger partial charge in [0, 0.05) is 14.1 Å². The lowest BCUT2D eigenvalue weighted by Crippen LogP contribution is -3.06. The zero-order valence-corrected chi connectivity index (χ0v) is 15.9. The number of fused-ring (bicyclic) bond motifs is 1. The van der Waals surface area contributed by atoms with Crippen molar-refractivity contribution in [3.63, 3.8) is 0 Å². The standard InChI is InChI=1S/C18H23FN6O2/c1-22(2)10-9-20-17-21-15-14(16(26)24(4)18(27)23(15)3)25(17)11-12-5-7-13(19)8-6-12/h5-8H,9-11H2,1-4H3,(H,20,21)/p+1. The number of hydrogen-bond donors (Lipinski definition) is 2. The summed E-state index contributed by atoms with van der Waals surface area (Å²) in [5.74, 6) is 0.189. The van der Waals surface area contributed by atoms with Gasteiger partial charge in [-0.15, -0.1) is 0 Å². The maximum Gasteiger partial charge on any atom is 0.332 e. The molecule has 0 unspecified atom stereocenters. The average molecular weight is 375 g/mol. The highest BCUT2D eigenvalue weighted by Gasteiger charge is 2.19. The highest BCUT2D eigenvalue weighted by atomic mass is 19.1. The number of nitrogens with one attached hydrogen (secondary N) is 2. The Morgan fingerprint density at radius 1 is 1.11 bits per heavy atom. The molecule has 0 saturated heterocycles. The number of halogens is 1. The number of nitrogens with zero attached hydrogens (tertiary/aromatic N) is 4. The number of imidazole rings is 1. The molecule has 3 rings (SSSR count).